The van der Waals surface area contributed by atoms with Crippen LogP contribution in [-0.2, 0) is 21.3 Å². The molecule has 37 heavy (non-hydrogen) atoms. The van der Waals surface area contributed by atoms with Gasteiger partial charge in [-0.1, -0.05) is 78.9 Å². The van der Waals surface area contributed by atoms with Crippen LogP contribution in [-0.4, -0.2) is 41.1 Å². The number of rotatable bonds is 3. The Labute approximate surface area is 206 Å². The van der Waals surface area contributed by atoms with E-state index in [-0.39, 0.29) is 17.1 Å². The third-order valence-electron chi connectivity index (χ3n) is 5.50. The lowest BCUT2D eigenvalue weighted by Crippen LogP contribution is -2.42. The van der Waals surface area contributed by atoms with Crippen molar-refractivity contribution in [2.75, 3.05) is 7.05 Å². The zero-order valence-electron chi connectivity index (χ0n) is 19.0. The number of aliphatic carboxylic acids is 1. The number of aliphatic imine (C=N–C) groups is 1. The van der Waals surface area contributed by atoms with Crippen molar-refractivity contribution in [3.05, 3.63) is 95.6 Å². The molecule has 1 amide bonds. The molecule has 6 nitrogen and oxygen atoms in total. The number of nitrogens with zero attached hydrogens (tertiary/aromatic N) is 2. The van der Waals surface area contributed by atoms with E-state index in [9.17, 15) is 31.1 Å². The van der Waals surface area contributed by atoms with E-state index in [4.69, 9.17) is 15.6 Å². The topological polar surface area (TPSA) is 96.0 Å². The molecule has 0 fully saturated rings. The Morgan fingerprint density at radius 2 is 1.41 bits per heavy atom. The standard InChI is InChI=1S/C23H18F3N3O.C2HF3O2/c1-29-20(30)22(28-21(29)27,16-11-6-3-7-12-16)18-14-8-13-17(19(18)23(24,25)26)15-9-4-2-5-10-15;3-2(4,5)1(6)7/h2-14H,1H3,(H2,27,28);(H,6,7). The number of amides is 1. The summed E-state index contributed by atoms with van der Waals surface area (Å²) in [6.07, 6.45) is -9.81. The van der Waals surface area contributed by atoms with Crippen molar-refractivity contribution >= 4 is 17.8 Å². The zero-order valence-corrected chi connectivity index (χ0v) is 19.0. The molecule has 3 aromatic carbocycles. The number of alkyl halides is 6. The molecule has 0 radical (unpaired) electrons. The Hall–Kier alpha value is -4.35. The molecule has 0 saturated heterocycles. The first-order valence-electron chi connectivity index (χ1n) is 10.5. The number of carbonyl (C=O) groups is 2. The molecule has 0 saturated carbocycles. The van der Waals surface area contributed by atoms with Crippen LogP contribution in [0.4, 0.5) is 26.3 Å². The van der Waals surface area contributed by atoms with Gasteiger partial charge >= 0.3 is 18.3 Å². The van der Waals surface area contributed by atoms with Gasteiger partial charge in [0.1, 0.15) is 0 Å². The van der Waals surface area contributed by atoms with Crippen LogP contribution in [0.1, 0.15) is 16.7 Å². The van der Waals surface area contributed by atoms with Crippen LogP contribution in [0.15, 0.2) is 83.9 Å². The fraction of sp³-hybridized carbons (Fsp3) is 0.160. The van der Waals surface area contributed by atoms with Crippen LogP contribution < -0.4 is 5.73 Å². The number of nitrogens with two attached hydrogens (primary N) is 1. The lowest BCUT2D eigenvalue weighted by Gasteiger charge is -2.30. The molecule has 1 aliphatic rings. The van der Waals surface area contributed by atoms with E-state index in [1.807, 2.05) is 0 Å². The highest BCUT2D eigenvalue weighted by Gasteiger charge is 2.53. The number of hydrogen-bond acceptors (Lipinski definition) is 4. The summed E-state index contributed by atoms with van der Waals surface area (Å²) < 4.78 is 75.1. The van der Waals surface area contributed by atoms with Crippen molar-refractivity contribution in [1.82, 2.24) is 4.90 Å². The van der Waals surface area contributed by atoms with Gasteiger partial charge in [-0.25, -0.2) is 9.79 Å². The number of carboxylic acid groups (broad SMARTS) is 1. The molecule has 12 heteroatoms. The van der Waals surface area contributed by atoms with Gasteiger partial charge in [0.05, 0.1) is 5.56 Å². The van der Waals surface area contributed by atoms with E-state index in [2.05, 4.69) is 4.99 Å². The maximum atomic E-state index is 14.5. The van der Waals surface area contributed by atoms with Gasteiger partial charge in [0.2, 0.25) is 0 Å². The van der Waals surface area contributed by atoms with Gasteiger partial charge in [0.15, 0.2) is 11.5 Å². The van der Waals surface area contributed by atoms with Crippen LogP contribution in [0.5, 0.6) is 0 Å². The van der Waals surface area contributed by atoms with Crippen LogP contribution >= 0.6 is 0 Å². The first-order valence-corrected chi connectivity index (χ1v) is 10.5. The van der Waals surface area contributed by atoms with Crippen molar-refractivity contribution in [2.45, 2.75) is 17.9 Å². The Balaban J connectivity index is 0.000000479. The normalized spacial score (nSPS) is 17.6. The SMILES string of the molecule is CN1C(=O)C(c2ccccc2)(c2cccc(-c3ccccc3)c2C(F)(F)F)N=C1N.O=C(O)C(F)(F)F. The van der Waals surface area contributed by atoms with Crippen molar-refractivity contribution < 1.29 is 41.0 Å². The maximum absolute atomic E-state index is 14.5. The number of benzene rings is 3. The first-order chi connectivity index (χ1) is 17.2. The van der Waals surface area contributed by atoms with E-state index in [0.717, 1.165) is 4.90 Å². The van der Waals surface area contributed by atoms with E-state index < -0.39 is 35.3 Å². The van der Waals surface area contributed by atoms with E-state index in [1.165, 1.54) is 25.2 Å². The summed E-state index contributed by atoms with van der Waals surface area (Å²) >= 11 is 0. The zero-order chi connectivity index (χ0) is 27.6. The van der Waals surface area contributed by atoms with Gasteiger partial charge in [-0.15, -0.1) is 0 Å². The van der Waals surface area contributed by atoms with E-state index in [0.29, 0.717) is 11.1 Å². The smallest absolute Gasteiger partial charge is 0.475 e. The lowest BCUT2D eigenvalue weighted by molar-refractivity contribution is -0.192. The number of hydrogen-bond donors (Lipinski definition) is 2. The molecule has 1 atom stereocenters. The average molecular weight is 523 g/mol. The highest BCUT2D eigenvalue weighted by molar-refractivity contribution is 6.09. The quantitative estimate of drug-likeness (QED) is 0.471. The van der Waals surface area contributed by atoms with E-state index >= 15 is 0 Å². The number of carboxylic acids is 1. The minimum absolute atomic E-state index is 0.0213. The van der Waals surface area contributed by atoms with Crippen LogP contribution in [0.3, 0.4) is 0 Å². The fourth-order valence-electron chi connectivity index (χ4n) is 3.86. The van der Waals surface area contributed by atoms with Crippen LogP contribution in [0, 0.1) is 0 Å². The van der Waals surface area contributed by atoms with Gasteiger partial charge in [-0.2, -0.15) is 26.3 Å². The van der Waals surface area contributed by atoms with E-state index in [1.54, 1.807) is 60.7 Å². The molecule has 0 aromatic heterocycles. The molecular formula is C25H19F6N3O3. The van der Waals surface area contributed by atoms with Crippen molar-refractivity contribution in [1.29, 1.82) is 0 Å². The number of guanidine groups is 1. The number of likely N-dealkylation sites (N-methyl/N-ethyl adjacent to an activating group) is 1. The summed E-state index contributed by atoms with van der Waals surface area (Å²) in [5, 5.41) is 7.12. The monoisotopic (exact) mass is 523 g/mol. The molecule has 4 rings (SSSR count). The average Bonchev–Trinajstić information content (AvgIpc) is 3.08. The summed E-state index contributed by atoms with van der Waals surface area (Å²) in [4.78, 5) is 27.6. The van der Waals surface area contributed by atoms with Gasteiger partial charge in [-0.3, -0.25) is 9.69 Å². The first kappa shape index (κ1) is 27.2. The molecule has 1 heterocycles. The Bertz CT molecular complexity index is 1320. The highest BCUT2D eigenvalue weighted by Crippen LogP contribution is 2.48. The highest BCUT2D eigenvalue weighted by atomic mass is 19.4. The molecule has 194 valence electrons. The third kappa shape index (κ3) is 5.27. The largest absolute Gasteiger partial charge is 0.490 e. The predicted molar refractivity (Wildman–Crippen MR) is 122 cm³/mol. The molecule has 0 bridgehead atoms. The summed E-state index contributed by atoms with van der Waals surface area (Å²) in [5.74, 6) is -3.53. The third-order valence-corrected chi connectivity index (χ3v) is 5.50. The Kier molecular flexibility index (Phi) is 7.33. The summed E-state index contributed by atoms with van der Waals surface area (Å²) in [5.41, 5.74) is 3.52. The minimum atomic E-state index is -5.08. The van der Waals surface area contributed by atoms with Crippen molar-refractivity contribution in [2.24, 2.45) is 10.7 Å². The minimum Gasteiger partial charge on any atom is -0.475 e. The Morgan fingerprint density at radius 3 is 1.84 bits per heavy atom. The summed E-state index contributed by atoms with van der Waals surface area (Å²) in [6.45, 7) is 0. The second-order valence-electron chi connectivity index (χ2n) is 7.81. The van der Waals surface area contributed by atoms with Crippen molar-refractivity contribution in [3.63, 3.8) is 0 Å². The van der Waals surface area contributed by atoms with Crippen LogP contribution in [0.25, 0.3) is 11.1 Å². The molecular weight excluding hydrogens is 504 g/mol. The molecule has 1 unspecified atom stereocenters. The molecule has 3 aromatic rings. The second-order valence-corrected chi connectivity index (χ2v) is 7.81. The lowest BCUT2D eigenvalue weighted by atomic mass is 9.78. The number of carbonyl (C=O) groups excluding carboxylic acids is 1. The molecule has 1 aliphatic heterocycles. The van der Waals surface area contributed by atoms with Crippen molar-refractivity contribution in [3.8, 4) is 11.1 Å². The molecule has 0 spiro atoms. The van der Waals surface area contributed by atoms with Gasteiger partial charge in [0, 0.05) is 12.6 Å². The molecule has 0 aliphatic carbocycles. The molecule has 3 N–H and O–H groups in total. The van der Waals surface area contributed by atoms with Gasteiger partial charge in [-0.05, 0) is 16.7 Å². The van der Waals surface area contributed by atoms with Crippen LogP contribution in [0.2, 0.25) is 0 Å². The van der Waals surface area contributed by atoms with Gasteiger partial charge in [0.25, 0.3) is 5.91 Å². The summed E-state index contributed by atoms with van der Waals surface area (Å²) in [7, 11) is 1.40. The summed E-state index contributed by atoms with van der Waals surface area (Å²) in [6, 6.07) is 20.7. The second kappa shape index (κ2) is 9.96. The fourth-order valence-corrected chi connectivity index (χ4v) is 3.86. The number of halogens is 6. The predicted octanol–water partition coefficient (Wildman–Crippen LogP) is 5.04. The van der Waals surface area contributed by atoms with Gasteiger partial charge < -0.3 is 10.8 Å². The Morgan fingerprint density at radius 1 is 0.892 bits per heavy atom. The maximum Gasteiger partial charge on any atom is 0.490 e.